The Balaban J connectivity index is 2.05. The summed E-state index contributed by atoms with van der Waals surface area (Å²) in [7, 11) is 1.76. The molecule has 0 aromatic heterocycles. The molecule has 0 amide bonds. The number of ether oxygens (including phenoxy) is 1. The van der Waals surface area contributed by atoms with E-state index in [1.807, 2.05) is 6.07 Å². The highest BCUT2D eigenvalue weighted by Gasteiger charge is 2.33. The summed E-state index contributed by atoms with van der Waals surface area (Å²) >= 11 is 0. The van der Waals surface area contributed by atoms with Crippen molar-refractivity contribution in [3.8, 4) is 5.75 Å². The van der Waals surface area contributed by atoms with Gasteiger partial charge in [-0.1, -0.05) is 32.0 Å². The Labute approximate surface area is 117 Å². The van der Waals surface area contributed by atoms with Gasteiger partial charge in [-0.25, -0.2) is 0 Å². The van der Waals surface area contributed by atoms with Crippen LogP contribution in [0.1, 0.15) is 38.7 Å². The first-order valence-electron chi connectivity index (χ1n) is 7.61. The van der Waals surface area contributed by atoms with Gasteiger partial charge in [0.25, 0.3) is 0 Å². The Bertz CT molecular complexity index is 387. The van der Waals surface area contributed by atoms with Gasteiger partial charge in [0.15, 0.2) is 0 Å². The lowest BCUT2D eigenvalue weighted by Gasteiger charge is -2.26. The van der Waals surface area contributed by atoms with Gasteiger partial charge in [0.1, 0.15) is 5.75 Å². The van der Waals surface area contributed by atoms with Crippen molar-refractivity contribution in [2.24, 2.45) is 11.8 Å². The number of hydrogen-bond donors (Lipinski definition) is 1. The third-order valence-electron chi connectivity index (χ3n) is 4.29. The Morgan fingerprint density at radius 2 is 2.05 bits per heavy atom. The van der Waals surface area contributed by atoms with Crippen molar-refractivity contribution in [2.75, 3.05) is 13.7 Å². The first-order valence-corrected chi connectivity index (χ1v) is 7.61. The Kier molecular flexibility index (Phi) is 5.26. The fraction of sp³-hybridized carbons (Fsp3) is 0.647. The molecule has 1 aliphatic rings. The number of methoxy groups -OCH3 is 1. The molecule has 0 heterocycles. The minimum Gasteiger partial charge on any atom is -0.496 e. The van der Waals surface area contributed by atoms with Gasteiger partial charge in [0.2, 0.25) is 0 Å². The molecule has 2 nitrogen and oxygen atoms in total. The molecular formula is C17H27NO. The van der Waals surface area contributed by atoms with Gasteiger partial charge in [0, 0.05) is 6.04 Å². The van der Waals surface area contributed by atoms with E-state index >= 15 is 0 Å². The molecule has 0 saturated heterocycles. The van der Waals surface area contributed by atoms with Crippen LogP contribution < -0.4 is 10.1 Å². The SMILES string of the molecule is CCCNC(Cc1ccccc1OC)C(C)C1CC1. The van der Waals surface area contributed by atoms with Crippen LogP contribution in [-0.2, 0) is 6.42 Å². The van der Waals surface area contributed by atoms with Gasteiger partial charge in [-0.05, 0) is 55.7 Å². The number of hydrogen-bond acceptors (Lipinski definition) is 2. The van der Waals surface area contributed by atoms with E-state index in [0.717, 1.165) is 30.6 Å². The van der Waals surface area contributed by atoms with Crippen molar-refractivity contribution in [2.45, 2.75) is 45.6 Å². The van der Waals surface area contributed by atoms with Gasteiger partial charge < -0.3 is 10.1 Å². The minimum atomic E-state index is 0.573. The predicted octanol–water partition coefficient (Wildman–Crippen LogP) is 3.65. The average Bonchev–Trinajstić information content (AvgIpc) is 3.27. The zero-order valence-electron chi connectivity index (χ0n) is 12.5. The van der Waals surface area contributed by atoms with Gasteiger partial charge >= 0.3 is 0 Å². The largest absolute Gasteiger partial charge is 0.496 e. The molecule has 0 bridgehead atoms. The van der Waals surface area contributed by atoms with Crippen LogP contribution in [0.4, 0.5) is 0 Å². The van der Waals surface area contributed by atoms with E-state index in [1.54, 1.807) is 7.11 Å². The molecule has 2 unspecified atom stereocenters. The lowest BCUT2D eigenvalue weighted by Crippen LogP contribution is -2.38. The van der Waals surface area contributed by atoms with Crippen LogP contribution in [0.15, 0.2) is 24.3 Å². The lowest BCUT2D eigenvalue weighted by molar-refractivity contribution is 0.334. The summed E-state index contributed by atoms with van der Waals surface area (Å²) in [6, 6.07) is 8.98. The third kappa shape index (κ3) is 3.97. The average molecular weight is 261 g/mol. The van der Waals surface area contributed by atoms with Crippen LogP contribution in [0.5, 0.6) is 5.75 Å². The molecule has 1 aromatic rings. The molecule has 1 aliphatic carbocycles. The summed E-state index contributed by atoms with van der Waals surface area (Å²) in [5.41, 5.74) is 1.33. The molecule has 1 fully saturated rings. The van der Waals surface area contributed by atoms with Crippen LogP contribution in [0.25, 0.3) is 0 Å². The third-order valence-corrected chi connectivity index (χ3v) is 4.29. The first-order chi connectivity index (χ1) is 9.26. The molecule has 2 rings (SSSR count). The van der Waals surface area contributed by atoms with E-state index in [2.05, 4.69) is 37.4 Å². The van der Waals surface area contributed by atoms with E-state index in [-0.39, 0.29) is 0 Å². The zero-order valence-corrected chi connectivity index (χ0v) is 12.5. The quantitative estimate of drug-likeness (QED) is 0.771. The lowest BCUT2D eigenvalue weighted by atomic mass is 9.90. The molecule has 0 aliphatic heterocycles. The molecule has 0 radical (unpaired) electrons. The summed E-state index contributed by atoms with van der Waals surface area (Å²) in [6.07, 6.45) is 5.09. The maximum Gasteiger partial charge on any atom is 0.122 e. The van der Waals surface area contributed by atoms with Crippen molar-refractivity contribution in [3.05, 3.63) is 29.8 Å². The van der Waals surface area contributed by atoms with Crippen molar-refractivity contribution in [1.29, 1.82) is 0 Å². The second kappa shape index (κ2) is 6.95. The molecule has 1 saturated carbocycles. The van der Waals surface area contributed by atoms with Gasteiger partial charge in [-0.2, -0.15) is 0 Å². The highest BCUT2D eigenvalue weighted by atomic mass is 16.5. The van der Waals surface area contributed by atoms with E-state index in [4.69, 9.17) is 4.74 Å². The van der Waals surface area contributed by atoms with Crippen LogP contribution in [0.3, 0.4) is 0 Å². The maximum atomic E-state index is 5.48. The Morgan fingerprint density at radius 1 is 1.32 bits per heavy atom. The fourth-order valence-corrected chi connectivity index (χ4v) is 2.83. The monoisotopic (exact) mass is 261 g/mol. The Morgan fingerprint density at radius 3 is 2.68 bits per heavy atom. The summed E-state index contributed by atoms with van der Waals surface area (Å²) in [6.45, 7) is 5.74. The van der Waals surface area contributed by atoms with Crippen molar-refractivity contribution in [3.63, 3.8) is 0 Å². The Hall–Kier alpha value is -1.02. The molecule has 0 spiro atoms. The summed E-state index contributed by atoms with van der Waals surface area (Å²) in [4.78, 5) is 0. The molecule has 106 valence electrons. The topological polar surface area (TPSA) is 21.3 Å². The summed E-state index contributed by atoms with van der Waals surface area (Å²) < 4.78 is 5.48. The second-order valence-electron chi connectivity index (χ2n) is 5.77. The molecule has 2 heteroatoms. The van der Waals surface area contributed by atoms with E-state index in [9.17, 15) is 0 Å². The normalized spacial score (nSPS) is 18.1. The standard InChI is InChI=1S/C17H27NO/c1-4-11-18-16(13(2)14-9-10-14)12-15-7-5-6-8-17(15)19-3/h5-8,13-14,16,18H,4,9-12H2,1-3H3. The van der Waals surface area contributed by atoms with Gasteiger partial charge in [-0.3, -0.25) is 0 Å². The van der Waals surface area contributed by atoms with Gasteiger partial charge in [0.05, 0.1) is 7.11 Å². The van der Waals surface area contributed by atoms with Crippen molar-refractivity contribution < 1.29 is 4.74 Å². The predicted molar refractivity (Wildman–Crippen MR) is 80.7 cm³/mol. The summed E-state index contributed by atoms with van der Waals surface area (Å²) in [5.74, 6) is 2.72. The molecule has 2 atom stereocenters. The molecule has 1 N–H and O–H groups in total. The minimum absolute atomic E-state index is 0.573. The van der Waals surface area contributed by atoms with Crippen LogP contribution >= 0.6 is 0 Å². The molecule has 19 heavy (non-hydrogen) atoms. The van der Waals surface area contributed by atoms with Gasteiger partial charge in [-0.15, -0.1) is 0 Å². The van der Waals surface area contributed by atoms with E-state index < -0.39 is 0 Å². The highest BCUT2D eigenvalue weighted by Crippen LogP contribution is 2.39. The smallest absolute Gasteiger partial charge is 0.122 e. The maximum absolute atomic E-state index is 5.48. The molecular weight excluding hydrogens is 234 g/mol. The van der Waals surface area contributed by atoms with E-state index in [0.29, 0.717) is 6.04 Å². The molecule has 1 aromatic carbocycles. The second-order valence-corrected chi connectivity index (χ2v) is 5.77. The number of nitrogens with one attached hydrogen (secondary N) is 1. The fourth-order valence-electron chi connectivity index (χ4n) is 2.83. The zero-order chi connectivity index (χ0) is 13.7. The summed E-state index contributed by atoms with van der Waals surface area (Å²) in [5, 5.41) is 3.73. The van der Waals surface area contributed by atoms with Crippen molar-refractivity contribution in [1.82, 2.24) is 5.32 Å². The van der Waals surface area contributed by atoms with Crippen LogP contribution in [-0.4, -0.2) is 19.7 Å². The van der Waals surface area contributed by atoms with Crippen LogP contribution in [0, 0.1) is 11.8 Å². The number of para-hydroxylation sites is 1. The number of benzene rings is 1. The van der Waals surface area contributed by atoms with E-state index in [1.165, 1.54) is 24.8 Å². The first kappa shape index (κ1) is 14.4. The van der Waals surface area contributed by atoms with Crippen molar-refractivity contribution >= 4 is 0 Å². The van der Waals surface area contributed by atoms with Crippen LogP contribution in [0.2, 0.25) is 0 Å². The number of rotatable bonds is 8. The highest BCUT2D eigenvalue weighted by molar-refractivity contribution is 5.34.